The number of alkyl halides is 3. The van der Waals surface area contributed by atoms with Crippen LogP contribution in [-0.2, 0) is 6.18 Å². The van der Waals surface area contributed by atoms with Crippen LogP contribution in [-0.4, -0.2) is 49.9 Å². The second-order valence-corrected chi connectivity index (χ2v) is 5.25. The average Bonchev–Trinajstić information content (AvgIpc) is 3.15. The van der Waals surface area contributed by atoms with Crippen LogP contribution < -0.4 is 5.73 Å². The topological polar surface area (TPSA) is 89.9 Å². The van der Waals surface area contributed by atoms with Crippen molar-refractivity contribution < 1.29 is 18.0 Å². The van der Waals surface area contributed by atoms with Gasteiger partial charge in [0.15, 0.2) is 11.5 Å². The van der Waals surface area contributed by atoms with Crippen LogP contribution in [0.15, 0.2) is 24.5 Å². The van der Waals surface area contributed by atoms with E-state index in [9.17, 15) is 18.0 Å². The van der Waals surface area contributed by atoms with Crippen LogP contribution in [0.25, 0.3) is 5.82 Å². The van der Waals surface area contributed by atoms with Gasteiger partial charge in [-0.1, -0.05) is 5.21 Å². The largest absolute Gasteiger partial charge is 0.417 e. The van der Waals surface area contributed by atoms with E-state index in [1.54, 1.807) is 4.90 Å². The summed E-state index contributed by atoms with van der Waals surface area (Å²) in [6.07, 6.45) is -1.69. The van der Waals surface area contributed by atoms with Gasteiger partial charge in [0.1, 0.15) is 0 Å². The van der Waals surface area contributed by atoms with Crippen LogP contribution in [0.1, 0.15) is 22.5 Å². The van der Waals surface area contributed by atoms with Crippen molar-refractivity contribution in [3.63, 3.8) is 0 Å². The highest BCUT2D eigenvalue weighted by atomic mass is 19.4. The Morgan fingerprint density at radius 2 is 2.13 bits per heavy atom. The minimum atomic E-state index is -4.45. The van der Waals surface area contributed by atoms with Gasteiger partial charge in [-0.25, -0.2) is 9.67 Å². The number of hydrogen-bond acceptors (Lipinski definition) is 5. The third kappa shape index (κ3) is 3.16. The summed E-state index contributed by atoms with van der Waals surface area (Å²) >= 11 is 0. The Morgan fingerprint density at radius 1 is 1.35 bits per heavy atom. The van der Waals surface area contributed by atoms with Gasteiger partial charge in [-0.05, 0) is 18.6 Å². The summed E-state index contributed by atoms with van der Waals surface area (Å²) in [5.74, 6) is -0.168. The number of hydrogen-bond donors (Lipinski definition) is 1. The van der Waals surface area contributed by atoms with Crippen molar-refractivity contribution in [3.8, 4) is 5.82 Å². The van der Waals surface area contributed by atoms with E-state index in [1.165, 1.54) is 6.20 Å². The lowest BCUT2D eigenvalue weighted by Gasteiger charge is -2.13. The molecule has 10 heteroatoms. The van der Waals surface area contributed by atoms with Crippen molar-refractivity contribution in [2.75, 3.05) is 13.1 Å². The molecule has 1 unspecified atom stereocenters. The maximum absolute atomic E-state index is 12.5. The van der Waals surface area contributed by atoms with E-state index >= 15 is 0 Å². The molecular weight excluding hydrogens is 313 g/mol. The number of nitrogens with zero attached hydrogens (tertiary/aromatic N) is 5. The summed E-state index contributed by atoms with van der Waals surface area (Å²) in [6, 6.07) is 2.01. The van der Waals surface area contributed by atoms with E-state index in [0.29, 0.717) is 19.3 Å². The van der Waals surface area contributed by atoms with Gasteiger partial charge in [-0.15, -0.1) is 5.10 Å². The number of amides is 1. The smallest absolute Gasteiger partial charge is 0.336 e. The van der Waals surface area contributed by atoms with Crippen LogP contribution in [0.4, 0.5) is 13.2 Å². The van der Waals surface area contributed by atoms with E-state index < -0.39 is 11.7 Å². The molecule has 1 amide bonds. The number of halogens is 3. The molecule has 2 aromatic rings. The maximum atomic E-state index is 12.5. The predicted octanol–water partition coefficient (Wildman–Crippen LogP) is 0.854. The van der Waals surface area contributed by atoms with E-state index in [1.807, 2.05) is 0 Å². The minimum absolute atomic E-state index is 0.0504. The molecular formula is C13H13F3N6O. The van der Waals surface area contributed by atoms with Crippen LogP contribution in [0.5, 0.6) is 0 Å². The summed E-state index contributed by atoms with van der Waals surface area (Å²) in [7, 11) is 0. The average molecular weight is 326 g/mol. The molecule has 23 heavy (non-hydrogen) atoms. The zero-order valence-electron chi connectivity index (χ0n) is 11.9. The third-order valence-electron chi connectivity index (χ3n) is 3.53. The Balaban J connectivity index is 1.78. The first-order chi connectivity index (χ1) is 10.8. The zero-order chi connectivity index (χ0) is 16.6. The van der Waals surface area contributed by atoms with Gasteiger partial charge in [0.05, 0.1) is 11.8 Å². The Bertz CT molecular complexity index is 711. The molecule has 3 rings (SSSR count). The number of rotatable bonds is 2. The SMILES string of the molecule is NC1CCN(C(=O)c2cn(-c3ccc(C(F)(F)F)cn3)nn2)C1. The Morgan fingerprint density at radius 3 is 2.70 bits per heavy atom. The molecule has 2 aromatic heterocycles. The lowest BCUT2D eigenvalue weighted by atomic mass is 10.3. The quantitative estimate of drug-likeness (QED) is 0.884. The van der Waals surface area contributed by atoms with Gasteiger partial charge in [-0.3, -0.25) is 4.79 Å². The zero-order valence-corrected chi connectivity index (χ0v) is 11.9. The standard InChI is InChI=1S/C13H13F3N6O/c14-13(15,16)8-1-2-11(18-5-8)22-7-10(19-20-22)12(23)21-4-3-9(17)6-21/h1-2,5,7,9H,3-4,6,17H2. The van der Waals surface area contributed by atoms with E-state index in [2.05, 4.69) is 15.3 Å². The summed E-state index contributed by atoms with van der Waals surface area (Å²) in [5, 5.41) is 7.49. The fourth-order valence-electron chi connectivity index (χ4n) is 2.30. The molecule has 0 bridgehead atoms. The van der Waals surface area contributed by atoms with Crippen LogP contribution >= 0.6 is 0 Å². The molecule has 3 heterocycles. The normalized spacial score (nSPS) is 18.4. The molecule has 1 aliphatic rings. The first-order valence-electron chi connectivity index (χ1n) is 6.85. The van der Waals surface area contributed by atoms with Crippen molar-refractivity contribution >= 4 is 5.91 Å². The van der Waals surface area contributed by atoms with Gasteiger partial charge in [-0.2, -0.15) is 13.2 Å². The second-order valence-electron chi connectivity index (χ2n) is 5.25. The summed E-state index contributed by atoms with van der Waals surface area (Å²) in [6.45, 7) is 0.996. The summed E-state index contributed by atoms with van der Waals surface area (Å²) in [5.41, 5.74) is 4.99. The molecule has 122 valence electrons. The number of nitrogens with two attached hydrogens (primary N) is 1. The first-order valence-corrected chi connectivity index (χ1v) is 6.85. The minimum Gasteiger partial charge on any atom is -0.336 e. The van der Waals surface area contributed by atoms with Gasteiger partial charge < -0.3 is 10.6 Å². The second kappa shape index (κ2) is 5.61. The molecule has 0 aliphatic carbocycles. The molecule has 2 N–H and O–H groups in total. The van der Waals surface area contributed by atoms with Crippen molar-refractivity contribution in [3.05, 3.63) is 35.8 Å². The van der Waals surface area contributed by atoms with Gasteiger partial charge >= 0.3 is 6.18 Å². The Hall–Kier alpha value is -2.49. The highest BCUT2D eigenvalue weighted by molar-refractivity contribution is 5.92. The van der Waals surface area contributed by atoms with Crippen LogP contribution in [0.2, 0.25) is 0 Å². The molecule has 1 atom stereocenters. The summed E-state index contributed by atoms with van der Waals surface area (Å²) in [4.78, 5) is 17.5. The molecule has 0 saturated carbocycles. The maximum Gasteiger partial charge on any atom is 0.417 e. The summed E-state index contributed by atoms with van der Waals surface area (Å²) < 4.78 is 38.7. The first kappa shape index (κ1) is 15.4. The molecule has 0 spiro atoms. The van der Waals surface area contributed by atoms with Crippen molar-refractivity contribution in [2.24, 2.45) is 5.73 Å². The van der Waals surface area contributed by atoms with Crippen molar-refractivity contribution in [2.45, 2.75) is 18.6 Å². The predicted molar refractivity (Wildman–Crippen MR) is 72.7 cm³/mol. The number of likely N-dealkylation sites (tertiary alicyclic amines) is 1. The Labute approximate surface area is 128 Å². The van der Waals surface area contributed by atoms with Crippen LogP contribution in [0, 0.1) is 0 Å². The van der Waals surface area contributed by atoms with Crippen molar-refractivity contribution in [1.82, 2.24) is 24.9 Å². The number of carbonyl (C=O) groups excluding carboxylic acids is 1. The van der Waals surface area contributed by atoms with Gasteiger partial charge in [0.25, 0.3) is 5.91 Å². The number of aromatic nitrogens is 4. The fourth-order valence-corrected chi connectivity index (χ4v) is 2.30. The number of pyridine rings is 1. The van der Waals surface area contributed by atoms with E-state index in [4.69, 9.17) is 5.73 Å². The molecule has 7 nitrogen and oxygen atoms in total. The molecule has 0 radical (unpaired) electrons. The van der Waals surface area contributed by atoms with Crippen LogP contribution in [0.3, 0.4) is 0 Å². The Kier molecular flexibility index (Phi) is 3.76. The third-order valence-corrected chi connectivity index (χ3v) is 3.53. The molecule has 0 aromatic carbocycles. The fraction of sp³-hybridized carbons (Fsp3) is 0.385. The van der Waals surface area contributed by atoms with E-state index in [0.717, 1.165) is 23.2 Å². The molecule has 1 fully saturated rings. The lowest BCUT2D eigenvalue weighted by molar-refractivity contribution is -0.137. The van der Waals surface area contributed by atoms with Gasteiger partial charge in [0.2, 0.25) is 0 Å². The van der Waals surface area contributed by atoms with Gasteiger partial charge in [0, 0.05) is 25.3 Å². The van der Waals surface area contributed by atoms with Crippen molar-refractivity contribution in [1.29, 1.82) is 0 Å². The van der Waals surface area contributed by atoms with E-state index in [-0.39, 0.29) is 23.5 Å². The number of carbonyl (C=O) groups is 1. The highest BCUT2D eigenvalue weighted by Crippen LogP contribution is 2.28. The monoisotopic (exact) mass is 326 g/mol. The molecule has 1 saturated heterocycles. The molecule has 1 aliphatic heterocycles. The highest BCUT2D eigenvalue weighted by Gasteiger charge is 2.31. The lowest BCUT2D eigenvalue weighted by Crippen LogP contribution is -2.32.